The van der Waals surface area contributed by atoms with Crippen molar-refractivity contribution in [3.63, 3.8) is 0 Å². The molecule has 0 aliphatic rings. The van der Waals surface area contributed by atoms with Gasteiger partial charge in [-0.3, -0.25) is 0 Å². The number of hydrogen-bond donors (Lipinski definition) is 1. The summed E-state index contributed by atoms with van der Waals surface area (Å²) in [5.74, 6) is 1.53. The van der Waals surface area contributed by atoms with Gasteiger partial charge in [0.05, 0.1) is 0 Å². The summed E-state index contributed by atoms with van der Waals surface area (Å²) in [4.78, 5) is 11.0. The van der Waals surface area contributed by atoms with Crippen molar-refractivity contribution in [2.75, 3.05) is 26.0 Å². The molecule has 0 aromatic carbocycles. The van der Waals surface area contributed by atoms with Crippen LogP contribution in [0, 0.1) is 0 Å². The smallest absolute Gasteiger partial charge is 0.137 e. The molecule has 0 amide bonds. The Kier molecular flexibility index (Phi) is 4.80. The van der Waals surface area contributed by atoms with Gasteiger partial charge in [-0.25, -0.2) is 9.97 Å². The molecule has 5 heteroatoms. The first-order valence-corrected chi connectivity index (χ1v) is 6.86. The van der Waals surface area contributed by atoms with Crippen molar-refractivity contribution in [2.45, 2.75) is 45.6 Å². The largest absolute Gasteiger partial charge is 0.368 e. The summed E-state index contributed by atoms with van der Waals surface area (Å²) in [5.41, 5.74) is -0.0717. The molecule has 0 aliphatic carbocycles. The van der Waals surface area contributed by atoms with Crippen LogP contribution in [0.1, 0.15) is 40.4 Å². The van der Waals surface area contributed by atoms with E-state index in [1.807, 2.05) is 0 Å². The van der Waals surface area contributed by atoms with Crippen LogP contribution < -0.4 is 5.32 Å². The van der Waals surface area contributed by atoms with Crippen molar-refractivity contribution in [3.05, 3.63) is 17.0 Å². The maximum absolute atomic E-state index is 6.07. The molecule has 1 N–H and O–H groups in total. The molecule has 4 nitrogen and oxygen atoms in total. The highest BCUT2D eigenvalue weighted by molar-refractivity contribution is 6.29. The molecule has 0 atom stereocenters. The molecule has 1 heterocycles. The van der Waals surface area contributed by atoms with Gasteiger partial charge in [-0.1, -0.05) is 32.4 Å². The fourth-order valence-electron chi connectivity index (χ4n) is 1.31. The second-order valence-corrected chi connectivity index (χ2v) is 7.10. The summed E-state index contributed by atoms with van der Waals surface area (Å²) in [6.07, 6.45) is 0. The van der Waals surface area contributed by atoms with Gasteiger partial charge in [0.25, 0.3) is 0 Å². The molecular formula is C14H25ClN4. The fraction of sp³-hybridized carbons (Fsp3) is 0.714. The van der Waals surface area contributed by atoms with E-state index in [0.717, 1.165) is 18.2 Å². The third-order valence-corrected chi connectivity index (χ3v) is 3.47. The molecule has 0 bridgehead atoms. The highest BCUT2D eigenvalue weighted by Gasteiger charge is 2.22. The van der Waals surface area contributed by atoms with Crippen LogP contribution in [0.3, 0.4) is 0 Å². The highest BCUT2D eigenvalue weighted by Crippen LogP contribution is 2.22. The molecule has 1 rings (SSSR count). The Balaban J connectivity index is 2.88. The van der Waals surface area contributed by atoms with E-state index < -0.39 is 0 Å². The second-order valence-electron chi connectivity index (χ2n) is 6.71. The predicted octanol–water partition coefficient (Wildman–Crippen LogP) is 3.18. The lowest BCUT2D eigenvalue weighted by molar-refractivity contribution is 0.210. The summed E-state index contributed by atoms with van der Waals surface area (Å²) in [7, 11) is 4.13. The van der Waals surface area contributed by atoms with Crippen LogP contribution in [-0.4, -0.2) is 41.0 Å². The SMILES string of the molecule is CN(C)C(C)(C)CNc1cc(Cl)nc(C(C)(C)C)n1. The molecule has 1 aromatic rings. The highest BCUT2D eigenvalue weighted by atomic mass is 35.5. The minimum Gasteiger partial charge on any atom is -0.368 e. The molecule has 0 unspecified atom stereocenters. The standard InChI is InChI=1S/C14H25ClN4/c1-13(2,3)12-17-10(15)8-11(18-12)16-9-14(4,5)19(6)7/h8H,9H2,1-7H3,(H,16,17,18). The molecule has 19 heavy (non-hydrogen) atoms. The molecule has 0 aliphatic heterocycles. The van der Waals surface area contributed by atoms with Crippen LogP contribution in [0.4, 0.5) is 5.82 Å². The maximum atomic E-state index is 6.07. The lowest BCUT2D eigenvalue weighted by atomic mass is 9.96. The molecule has 0 radical (unpaired) electrons. The van der Waals surface area contributed by atoms with E-state index in [0.29, 0.717) is 5.15 Å². The topological polar surface area (TPSA) is 41.0 Å². The van der Waals surface area contributed by atoms with Crippen molar-refractivity contribution in [2.24, 2.45) is 0 Å². The second kappa shape index (κ2) is 5.63. The van der Waals surface area contributed by atoms with E-state index in [-0.39, 0.29) is 11.0 Å². The molecule has 108 valence electrons. The van der Waals surface area contributed by atoms with Crippen molar-refractivity contribution in [1.82, 2.24) is 14.9 Å². The lowest BCUT2D eigenvalue weighted by Gasteiger charge is -2.33. The van der Waals surface area contributed by atoms with Gasteiger partial charge >= 0.3 is 0 Å². The van der Waals surface area contributed by atoms with Crippen LogP contribution in [0.15, 0.2) is 6.07 Å². The zero-order valence-electron chi connectivity index (χ0n) is 13.0. The Hall–Kier alpha value is -0.870. The van der Waals surface area contributed by atoms with E-state index in [1.165, 1.54) is 0 Å². The summed E-state index contributed by atoms with van der Waals surface area (Å²) in [6.45, 7) is 11.4. The normalized spacial score (nSPS) is 12.9. The first-order valence-electron chi connectivity index (χ1n) is 6.49. The number of aromatic nitrogens is 2. The Morgan fingerprint density at radius 1 is 1.16 bits per heavy atom. The Morgan fingerprint density at radius 3 is 2.21 bits per heavy atom. The van der Waals surface area contributed by atoms with Crippen molar-refractivity contribution in [1.29, 1.82) is 0 Å². The number of halogens is 1. The molecule has 0 fully saturated rings. The summed E-state index contributed by atoms with van der Waals surface area (Å²) >= 11 is 6.07. The molecule has 0 saturated heterocycles. The maximum Gasteiger partial charge on any atom is 0.137 e. The van der Waals surface area contributed by atoms with E-state index in [2.05, 4.69) is 68.9 Å². The number of nitrogens with zero attached hydrogens (tertiary/aromatic N) is 3. The average Bonchev–Trinajstić information content (AvgIpc) is 2.24. The van der Waals surface area contributed by atoms with E-state index in [9.17, 15) is 0 Å². The number of likely N-dealkylation sites (N-methyl/N-ethyl adjacent to an activating group) is 1. The van der Waals surface area contributed by atoms with E-state index >= 15 is 0 Å². The zero-order chi connectivity index (χ0) is 14.8. The van der Waals surface area contributed by atoms with Crippen molar-refractivity contribution >= 4 is 17.4 Å². The van der Waals surface area contributed by atoms with Crippen LogP contribution >= 0.6 is 11.6 Å². The molecule has 0 spiro atoms. The average molecular weight is 285 g/mol. The van der Waals surface area contributed by atoms with Crippen molar-refractivity contribution < 1.29 is 0 Å². The predicted molar refractivity (Wildman–Crippen MR) is 82.0 cm³/mol. The van der Waals surface area contributed by atoms with Crippen LogP contribution in [0.5, 0.6) is 0 Å². The van der Waals surface area contributed by atoms with E-state index in [4.69, 9.17) is 11.6 Å². The van der Waals surface area contributed by atoms with E-state index in [1.54, 1.807) is 6.07 Å². The van der Waals surface area contributed by atoms with Gasteiger partial charge in [0, 0.05) is 23.6 Å². The van der Waals surface area contributed by atoms with Crippen LogP contribution in [0.25, 0.3) is 0 Å². The quantitative estimate of drug-likeness (QED) is 0.862. The van der Waals surface area contributed by atoms with Gasteiger partial charge in [-0.2, -0.15) is 0 Å². The van der Waals surface area contributed by atoms with Gasteiger partial charge < -0.3 is 10.2 Å². The molecular weight excluding hydrogens is 260 g/mol. The Labute approximate surface area is 121 Å². The van der Waals surface area contributed by atoms with Gasteiger partial charge in [0.15, 0.2) is 0 Å². The fourth-order valence-corrected chi connectivity index (χ4v) is 1.49. The summed E-state index contributed by atoms with van der Waals surface area (Å²) in [5, 5.41) is 3.82. The van der Waals surface area contributed by atoms with Gasteiger partial charge in [0.2, 0.25) is 0 Å². The van der Waals surface area contributed by atoms with Crippen LogP contribution in [-0.2, 0) is 5.41 Å². The summed E-state index contributed by atoms with van der Waals surface area (Å²) in [6, 6.07) is 1.77. The van der Waals surface area contributed by atoms with Gasteiger partial charge in [0.1, 0.15) is 16.8 Å². The van der Waals surface area contributed by atoms with Gasteiger partial charge in [-0.15, -0.1) is 0 Å². The summed E-state index contributed by atoms with van der Waals surface area (Å²) < 4.78 is 0. The molecule has 0 saturated carbocycles. The van der Waals surface area contributed by atoms with Crippen molar-refractivity contribution in [3.8, 4) is 0 Å². The number of nitrogens with one attached hydrogen (secondary N) is 1. The molecule has 1 aromatic heterocycles. The number of anilines is 1. The minimum absolute atomic E-state index is 0.0410. The Morgan fingerprint density at radius 2 is 1.74 bits per heavy atom. The number of rotatable bonds is 4. The van der Waals surface area contributed by atoms with Gasteiger partial charge in [-0.05, 0) is 27.9 Å². The minimum atomic E-state index is -0.113. The van der Waals surface area contributed by atoms with Crippen LogP contribution in [0.2, 0.25) is 5.15 Å². The zero-order valence-corrected chi connectivity index (χ0v) is 13.8. The monoisotopic (exact) mass is 284 g/mol. The lowest BCUT2D eigenvalue weighted by Crippen LogP contribution is -2.44. The first-order chi connectivity index (χ1) is 8.52. The number of hydrogen-bond acceptors (Lipinski definition) is 4. The first kappa shape index (κ1) is 16.2. The Bertz CT molecular complexity index is 436. The third-order valence-electron chi connectivity index (χ3n) is 3.28. The third kappa shape index (κ3) is 4.62.